The molecule has 0 bridgehead atoms. The lowest BCUT2D eigenvalue weighted by molar-refractivity contribution is 0.0593. The molecule has 2 aromatic heterocycles. The summed E-state index contributed by atoms with van der Waals surface area (Å²) in [5.74, 6) is -1.30. The van der Waals surface area contributed by atoms with E-state index in [-0.39, 0.29) is 28.1 Å². The van der Waals surface area contributed by atoms with E-state index in [0.717, 1.165) is 23.3 Å². The number of carbonyl (C=O) groups excluding carboxylic acids is 2. The second-order valence-corrected chi connectivity index (χ2v) is 8.92. The van der Waals surface area contributed by atoms with E-state index in [1.165, 1.54) is 30.6 Å². The summed E-state index contributed by atoms with van der Waals surface area (Å²) in [7, 11) is 1.21. The molecule has 3 heterocycles. The third kappa shape index (κ3) is 3.95. The van der Waals surface area contributed by atoms with Crippen LogP contribution in [0.4, 0.5) is 0 Å². The Morgan fingerprint density at radius 2 is 2.00 bits per heavy atom. The minimum atomic E-state index is -1.15. The molecule has 8 nitrogen and oxygen atoms in total. The van der Waals surface area contributed by atoms with Gasteiger partial charge in [-0.3, -0.25) is 4.79 Å². The number of nitrogens with zero attached hydrogens (tertiary/aromatic N) is 1. The molecule has 1 aromatic carbocycles. The first-order valence-electron chi connectivity index (χ1n) is 10.4. The van der Waals surface area contributed by atoms with E-state index < -0.39 is 17.8 Å². The summed E-state index contributed by atoms with van der Waals surface area (Å²) < 4.78 is 10.7. The predicted octanol–water partition coefficient (Wildman–Crippen LogP) is 3.99. The Kier molecular flexibility index (Phi) is 5.33. The highest BCUT2D eigenvalue weighted by Crippen LogP contribution is 2.44. The van der Waals surface area contributed by atoms with Crippen molar-refractivity contribution >= 4 is 29.2 Å². The molecule has 3 aromatic rings. The topological polar surface area (TPSA) is 115 Å². The quantitative estimate of drug-likeness (QED) is 0.530. The minimum Gasteiger partial charge on any atom is -0.488 e. The van der Waals surface area contributed by atoms with Crippen LogP contribution in [0.1, 0.15) is 49.7 Å². The van der Waals surface area contributed by atoms with Gasteiger partial charge in [-0.15, -0.1) is 11.3 Å². The van der Waals surface area contributed by atoms with Gasteiger partial charge in [0.05, 0.1) is 12.7 Å². The monoisotopic (exact) mass is 464 g/mol. The Bertz CT molecular complexity index is 1290. The molecule has 168 valence electrons. The van der Waals surface area contributed by atoms with Gasteiger partial charge in [0.15, 0.2) is 5.69 Å². The first-order chi connectivity index (χ1) is 16.0. The number of carbonyl (C=O) groups is 3. The zero-order valence-corrected chi connectivity index (χ0v) is 18.5. The number of amides is 1. The van der Waals surface area contributed by atoms with E-state index >= 15 is 0 Å². The van der Waals surface area contributed by atoms with Gasteiger partial charge in [-0.1, -0.05) is 0 Å². The summed E-state index contributed by atoms with van der Waals surface area (Å²) in [5.41, 5.74) is 2.13. The number of pyridine rings is 1. The molecule has 1 fully saturated rings. The van der Waals surface area contributed by atoms with E-state index in [0.29, 0.717) is 30.4 Å². The first kappa shape index (κ1) is 21.1. The number of rotatable bonds is 6. The van der Waals surface area contributed by atoms with Gasteiger partial charge in [-0.25, -0.2) is 14.6 Å². The van der Waals surface area contributed by atoms with Crippen LogP contribution in [0.15, 0.2) is 35.7 Å². The van der Waals surface area contributed by atoms with Gasteiger partial charge in [0.2, 0.25) is 0 Å². The zero-order valence-electron chi connectivity index (χ0n) is 17.7. The van der Waals surface area contributed by atoms with E-state index in [9.17, 15) is 19.5 Å². The Hall–Kier alpha value is -3.72. The van der Waals surface area contributed by atoms with Crippen molar-refractivity contribution < 1.29 is 29.0 Å². The Balaban J connectivity index is 1.61. The van der Waals surface area contributed by atoms with Gasteiger partial charge in [0, 0.05) is 33.7 Å². The molecule has 0 unspecified atom stereocenters. The molecule has 1 aliphatic carbocycles. The molecule has 0 atom stereocenters. The van der Waals surface area contributed by atoms with Gasteiger partial charge in [-0.05, 0) is 54.5 Å². The van der Waals surface area contributed by atoms with Crippen molar-refractivity contribution in [3.05, 3.63) is 58.2 Å². The number of ether oxygens (including phenoxy) is 2. The molecule has 1 amide bonds. The number of hydrogen-bond donors (Lipinski definition) is 2. The number of hydrogen-bond acceptors (Lipinski definition) is 7. The molecule has 0 spiro atoms. The number of aromatic nitrogens is 1. The van der Waals surface area contributed by atoms with Gasteiger partial charge < -0.3 is 19.9 Å². The maximum atomic E-state index is 12.6. The van der Waals surface area contributed by atoms with Crippen LogP contribution in [0.25, 0.3) is 21.6 Å². The first-order valence-corrected chi connectivity index (χ1v) is 11.3. The molecule has 5 rings (SSSR count). The van der Waals surface area contributed by atoms with Gasteiger partial charge >= 0.3 is 11.9 Å². The number of methoxy groups -OCH3 is 1. The summed E-state index contributed by atoms with van der Waals surface area (Å²) in [6.45, 7) is 0.936. The second kappa shape index (κ2) is 8.32. The van der Waals surface area contributed by atoms with Crippen molar-refractivity contribution in [3.8, 4) is 27.3 Å². The van der Waals surface area contributed by atoms with E-state index in [1.54, 1.807) is 12.1 Å². The number of thiophene rings is 1. The van der Waals surface area contributed by atoms with Crippen LogP contribution in [0.5, 0.6) is 5.75 Å². The summed E-state index contributed by atoms with van der Waals surface area (Å²) in [5, 5.41) is 14.7. The molecule has 2 N–H and O–H groups in total. The average molecular weight is 464 g/mol. The summed E-state index contributed by atoms with van der Waals surface area (Å²) in [4.78, 5) is 42.4. The molecular weight excluding hydrogens is 444 g/mol. The van der Waals surface area contributed by atoms with Crippen molar-refractivity contribution in [2.75, 3.05) is 13.7 Å². The van der Waals surface area contributed by atoms with Crippen molar-refractivity contribution in [3.63, 3.8) is 0 Å². The van der Waals surface area contributed by atoms with E-state index in [2.05, 4.69) is 10.3 Å². The van der Waals surface area contributed by atoms with Gasteiger partial charge in [0.25, 0.3) is 5.91 Å². The van der Waals surface area contributed by atoms with Gasteiger partial charge in [0.1, 0.15) is 18.1 Å². The fraction of sp³-hybridized carbons (Fsp3) is 0.250. The maximum Gasteiger partial charge on any atom is 0.357 e. The van der Waals surface area contributed by atoms with Crippen LogP contribution < -0.4 is 10.1 Å². The van der Waals surface area contributed by atoms with Crippen LogP contribution in [-0.2, 0) is 11.3 Å². The fourth-order valence-corrected chi connectivity index (χ4v) is 4.76. The standard InChI is InChI=1S/C24H20N2O6S/c1-31-24(30)20-14(4-5-18(26-20)22(27)25-10-12-2-3-12)15-9-19-17(8-16(15)23(28)29)21-13(11-32-19)6-7-33-21/h4-9,12H,2-3,10-11H2,1H3,(H,25,27)(H,28,29). The highest BCUT2D eigenvalue weighted by molar-refractivity contribution is 7.13. The molecule has 0 radical (unpaired) electrons. The lowest BCUT2D eigenvalue weighted by Crippen LogP contribution is -2.27. The normalized spacial score (nSPS) is 14.0. The largest absolute Gasteiger partial charge is 0.488 e. The van der Waals surface area contributed by atoms with Crippen molar-refractivity contribution in [1.82, 2.24) is 10.3 Å². The lowest BCUT2D eigenvalue weighted by atomic mass is 9.93. The fourth-order valence-electron chi connectivity index (χ4n) is 3.82. The highest BCUT2D eigenvalue weighted by Gasteiger charge is 2.28. The molecular formula is C24H20N2O6S. The smallest absolute Gasteiger partial charge is 0.357 e. The van der Waals surface area contributed by atoms with Crippen LogP contribution in [0.2, 0.25) is 0 Å². The SMILES string of the molecule is COC(=O)c1nc(C(=O)NCC2CC2)ccc1-c1cc2c(cc1C(=O)O)-c1sccc1CO2. The minimum absolute atomic E-state index is 0.00325. The number of fused-ring (bicyclic) bond motifs is 3. The van der Waals surface area contributed by atoms with Gasteiger partial charge in [-0.2, -0.15) is 0 Å². The number of carboxylic acids is 1. The Labute approximate surface area is 193 Å². The van der Waals surface area contributed by atoms with E-state index in [4.69, 9.17) is 9.47 Å². The number of carboxylic acid groups (broad SMARTS) is 1. The summed E-state index contributed by atoms with van der Waals surface area (Å²) in [6.07, 6.45) is 2.18. The summed E-state index contributed by atoms with van der Waals surface area (Å²) in [6, 6.07) is 8.12. The summed E-state index contributed by atoms with van der Waals surface area (Å²) >= 11 is 1.51. The lowest BCUT2D eigenvalue weighted by Gasteiger charge is -2.20. The van der Waals surface area contributed by atoms with Crippen LogP contribution in [0.3, 0.4) is 0 Å². The Morgan fingerprint density at radius 1 is 1.18 bits per heavy atom. The number of benzene rings is 1. The van der Waals surface area contributed by atoms with Crippen molar-refractivity contribution in [1.29, 1.82) is 0 Å². The van der Waals surface area contributed by atoms with Crippen molar-refractivity contribution in [2.45, 2.75) is 19.4 Å². The average Bonchev–Trinajstić information content (AvgIpc) is 3.54. The van der Waals surface area contributed by atoms with Crippen LogP contribution in [0, 0.1) is 5.92 Å². The van der Waals surface area contributed by atoms with Crippen molar-refractivity contribution in [2.24, 2.45) is 5.92 Å². The number of esters is 1. The third-order valence-electron chi connectivity index (χ3n) is 5.77. The maximum absolute atomic E-state index is 12.6. The van der Waals surface area contributed by atoms with E-state index in [1.807, 2.05) is 11.4 Å². The van der Waals surface area contributed by atoms with Crippen LogP contribution in [-0.4, -0.2) is 41.6 Å². The predicted molar refractivity (Wildman–Crippen MR) is 121 cm³/mol. The zero-order chi connectivity index (χ0) is 23.1. The molecule has 1 saturated carbocycles. The Morgan fingerprint density at radius 3 is 2.73 bits per heavy atom. The number of nitrogens with one attached hydrogen (secondary N) is 1. The second-order valence-electron chi connectivity index (χ2n) is 8.00. The molecule has 2 aliphatic rings. The molecule has 9 heteroatoms. The third-order valence-corrected chi connectivity index (χ3v) is 6.76. The highest BCUT2D eigenvalue weighted by atomic mass is 32.1. The van der Waals surface area contributed by atoms with Crippen LogP contribution >= 0.6 is 11.3 Å². The molecule has 1 aliphatic heterocycles. The molecule has 33 heavy (non-hydrogen) atoms. The number of aromatic carboxylic acids is 1. The molecule has 0 saturated heterocycles.